The van der Waals surface area contributed by atoms with E-state index in [4.69, 9.17) is 0 Å². The Morgan fingerprint density at radius 1 is 1.11 bits per heavy atom. The molecule has 1 aliphatic rings. The van der Waals surface area contributed by atoms with E-state index >= 15 is 0 Å². The molecule has 0 saturated heterocycles. The average molecular weight is 479 g/mol. The van der Waals surface area contributed by atoms with Crippen molar-refractivity contribution in [2.45, 2.75) is 17.9 Å². The van der Waals surface area contributed by atoms with Gasteiger partial charge in [0, 0.05) is 18.7 Å². The summed E-state index contributed by atoms with van der Waals surface area (Å²) in [5.41, 5.74) is 2.42. The van der Waals surface area contributed by atoms with E-state index < -0.39 is 15.9 Å². The average Bonchev–Trinajstić information content (AvgIpc) is 3.12. The van der Waals surface area contributed by atoms with Crippen molar-refractivity contribution in [2.24, 2.45) is 0 Å². The highest BCUT2D eigenvalue weighted by molar-refractivity contribution is 9.11. The zero-order valence-corrected chi connectivity index (χ0v) is 17.7. The Morgan fingerprint density at radius 3 is 2.64 bits per heavy atom. The van der Waals surface area contributed by atoms with Crippen LogP contribution in [-0.2, 0) is 23.0 Å². The highest BCUT2D eigenvalue weighted by Crippen LogP contribution is 2.26. The summed E-state index contributed by atoms with van der Waals surface area (Å²) in [6.07, 6.45) is 0.668. The van der Waals surface area contributed by atoms with Gasteiger partial charge >= 0.3 is 0 Å². The zero-order chi connectivity index (χ0) is 19.7. The SMILES string of the molecule is O=C(Nc1nnc(Br)s1)c1cccc(S(=O)(=O)N2CCc3ccccc3C2)c1. The van der Waals surface area contributed by atoms with Crippen molar-refractivity contribution in [3.63, 3.8) is 0 Å². The van der Waals surface area contributed by atoms with Gasteiger partial charge in [0.15, 0.2) is 3.92 Å². The molecule has 2 heterocycles. The molecule has 1 aromatic heterocycles. The van der Waals surface area contributed by atoms with Crippen LogP contribution in [0.15, 0.2) is 57.3 Å². The molecule has 0 aliphatic carbocycles. The summed E-state index contributed by atoms with van der Waals surface area (Å²) in [5.74, 6) is -0.440. The highest BCUT2D eigenvalue weighted by atomic mass is 79.9. The number of benzene rings is 2. The van der Waals surface area contributed by atoms with E-state index in [1.165, 1.54) is 33.3 Å². The Bertz CT molecular complexity index is 1150. The lowest BCUT2D eigenvalue weighted by Crippen LogP contribution is -2.36. The Kier molecular flexibility index (Phi) is 5.28. The lowest BCUT2D eigenvalue weighted by molar-refractivity contribution is 0.102. The number of nitrogens with one attached hydrogen (secondary N) is 1. The number of carbonyl (C=O) groups excluding carboxylic acids is 1. The summed E-state index contributed by atoms with van der Waals surface area (Å²) in [5, 5.41) is 10.5. The lowest BCUT2D eigenvalue weighted by atomic mass is 10.0. The molecule has 144 valence electrons. The van der Waals surface area contributed by atoms with E-state index in [9.17, 15) is 13.2 Å². The molecular weight excluding hydrogens is 464 g/mol. The summed E-state index contributed by atoms with van der Waals surface area (Å²) in [6, 6.07) is 13.9. The summed E-state index contributed by atoms with van der Waals surface area (Å²) >= 11 is 4.35. The van der Waals surface area contributed by atoms with Crippen molar-refractivity contribution >= 4 is 48.3 Å². The number of halogens is 1. The first-order chi connectivity index (χ1) is 13.4. The molecule has 3 aromatic rings. The van der Waals surface area contributed by atoms with Crippen molar-refractivity contribution in [2.75, 3.05) is 11.9 Å². The van der Waals surface area contributed by atoms with E-state index in [-0.39, 0.29) is 10.5 Å². The molecule has 2 aromatic carbocycles. The first kappa shape index (κ1) is 19.2. The van der Waals surface area contributed by atoms with Gasteiger partial charge in [0.05, 0.1) is 4.90 Å². The number of hydrogen-bond donors (Lipinski definition) is 1. The summed E-state index contributed by atoms with van der Waals surface area (Å²) < 4.78 is 28.2. The highest BCUT2D eigenvalue weighted by Gasteiger charge is 2.28. The van der Waals surface area contributed by atoms with Crippen LogP contribution in [0.4, 0.5) is 5.13 Å². The molecule has 0 bridgehead atoms. The molecule has 7 nitrogen and oxygen atoms in total. The number of nitrogens with zero attached hydrogens (tertiary/aromatic N) is 3. The molecule has 28 heavy (non-hydrogen) atoms. The summed E-state index contributed by atoms with van der Waals surface area (Å²) in [7, 11) is -3.71. The van der Waals surface area contributed by atoms with Crippen LogP contribution in [0.1, 0.15) is 21.5 Å². The van der Waals surface area contributed by atoms with E-state index in [1.807, 2.05) is 24.3 Å². The van der Waals surface area contributed by atoms with Gasteiger partial charge in [0.25, 0.3) is 5.91 Å². The third-order valence-electron chi connectivity index (χ3n) is 4.45. The number of aromatic nitrogens is 2. The summed E-state index contributed by atoms with van der Waals surface area (Å²) in [4.78, 5) is 12.5. The van der Waals surface area contributed by atoms with Crippen LogP contribution in [0.3, 0.4) is 0 Å². The molecule has 0 saturated carbocycles. The van der Waals surface area contributed by atoms with Gasteiger partial charge in [-0.15, -0.1) is 10.2 Å². The molecule has 1 aliphatic heterocycles. The lowest BCUT2D eigenvalue weighted by Gasteiger charge is -2.28. The van der Waals surface area contributed by atoms with E-state index in [2.05, 4.69) is 31.4 Å². The second kappa shape index (κ2) is 7.70. The van der Waals surface area contributed by atoms with Gasteiger partial charge in [-0.25, -0.2) is 8.42 Å². The topological polar surface area (TPSA) is 92.3 Å². The molecule has 4 rings (SSSR count). The number of amides is 1. The minimum atomic E-state index is -3.71. The van der Waals surface area contributed by atoms with Crippen molar-refractivity contribution in [1.82, 2.24) is 14.5 Å². The Labute approximate surface area is 174 Å². The maximum atomic E-state index is 13.1. The fraction of sp³-hybridized carbons (Fsp3) is 0.167. The number of hydrogen-bond acceptors (Lipinski definition) is 6. The zero-order valence-electron chi connectivity index (χ0n) is 14.5. The molecule has 0 unspecified atom stereocenters. The Morgan fingerprint density at radius 2 is 1.89 bits per heavy atom. The van der Waals surface area contributed by atoms with Crippen molar-refractivity contribution < 1.29 is 13.2 Å². The van der Waals surface area contributed by atoms with Gasteiger partial charge in [-0.05, 0) is 51.7 Å². The van der Waals surface area contributed by atoms with Crippen LogP contribution in [0.5, 0.6) is 0 Å². The quantitative estimate of drug-likeness (QED) is 0.620. The molecule has 0 radical (unpaired) electrons. The van der Waals surface area contributed by atoms with E-state index in [1.54, 1.807) is 12.1 Å². The minimum Gasteiger partial charge on any atom is -0.296 e. The fourth-order valence-electron chi connectivity index (χ4n) is 3.05. The third-order valence-corrected chi connectivity index (χ3v) is 7.56. The predicted octanol–water partition coefficient (Wildman–Crippen LogP) is 3.30. The van der Waals surface area contributed by atoms with E-state index in [0.29, 0.717) is 28.6 Å². The van der Waals surface area contributed by atoms with Crippen LogP contribution in [0.25, 0.3) is 0 Å². The van der Waals surface area contributed by atoms with Gasteiger partial charge in [-0.3, -0.25) is 10.1 Å². The number of anilines is 1. The van der Waals surface area contributed by atoms with Crippen LogP contribution in [0.2, 0.25) is 0 Å². The predicted molar refractivity (Wildman–Crippen MR) is 110 cm³/mol. The largest absolute Gasteiger partial charge is 0.296 e. The first-order valence-corrected chi connectivity index (χ1v) is 11.5. The molecule has 0 fully saturated rings. The van der Waals surface area contributed by atoms with Gasteiger partial charge in [-0.2, -0.15) is 4.31 Å². The van der Waals surface area contributed by atoms with Gasteiger partial charge < -0.3 is 0 Å². The Hall–Kier alpha value is -2.14. The molecule has 0 spiro atoms. The number of carbonyl (C=O) groups is 1. The Balaban J connectivity index is 1.57. The van der Waals surface area contributed by atoms with Crippen molar-refractivity contribution in [3.8, 4) is 0 Å². The second-order valence-electron chi connectivity index (χ2n) is 6.20. The van der Waals surface area contributed by atoms with Crippen molar-refractivity contribution in [1.29, 1.82) is 0 Å². The van der Waals surface area contributed by atoms with Crippen LogP contribution in [0, 0.1) is 0 Å². The smallest absolute Gasteiger partial charge is 0.257 e. The van der Waals surface area contributed by atoms with Crippen LogP contribution >= 0.6 is 27.3 Å². The number of sulfonamides is 1. The standard InChI is InChI=1S/C18H15BrN4O3S2/c19-17-21-22-18(27-17)20-16(24)13-6-3-7-15(10-13)28(25,26)23-9-8-12-4-1-2-5-14(12)11-23/h1-7,10H,8-9,11H2,(H,20,22,24). The second-order valence-corrected chi connectivity index (χ2v) is 10.4. The van der Waals surface area contributed by atoms with Crippen molar-refractivity contribution in [3.05, 3.63) is 69.1 Å². The van der Waals surface area contributed by atoms with Gasteiger partial charge in [-0.1, -0.05) is 41.7 Å². The maximum absolute atomic E-state index is 13.1. The fourth-order valence-corrected chi connectivity index (χ4v) is 5.52. The molecular formula is C18H15BrN4O3S2. The van der Waals surface area contributed by atoms with Crippen LogP contribution < -0.4 is 5.32 Å². The number of rotatable bonds is 4. The summed E-state index contributed by atoms with van der Waals surface area (Å²) in [6.45, 7) is 0.738. The molecule has 0 atom stereocenters. The normalized spacial score (nSPS) is 14.5. The van der Waals surface area contributed by atoms with Crippen LogP contribution in [-0.4, -0.2) is 35.4 Å². The third kappa shape index (κ3) is 3.86. The maximum Gasteiger partial charge on any atom is 0.257 e. The molecule has 1 N–H and O–H groups in total. The number of fused-ring (bicyclic) bond motifs is 1. The molecule has 10 heteroatoms. The monoisotopic (exact) mass is 478 g/mol. The van der Waals surface area contributed by atoms with Gasteiger partial charge in [0.1, 0.15) is 0 Å². The first-order valence-electron chi connectivity index (χ1n) is 8.41. The minimum absolute atomic E-state index is 0.0953. The van der Waals surface area contributed by atoms with Gasteiger partial charge in [0.2, 0.25) is 15.2 Å². The molecule has 1 amide bonds. The van der Waals surface area contributed by atoms with E-state index in [0.717, 1.165) is 5.56 Å².